The van der Waals surface area contributed by atoms with Gasteiger partial charge in [0.1, 0.15) is 17.8 Å². The van der Waals surface area contributed by atoms with Gasteiger partial charge < -0.3 is 19.3 Å². The first-order chi connectivity index (χ1) is 9.20. The van der Waals surface area contributed by atoms with Gasteiger partial charge in [0.25, 0.3) is 0 Å². The molecular weight excluding hydrogens is 248 g/mol. The number of ether oxygens (including phenoxy) is 3. The predicted octanol–water partition coefficient (Wildman–Crippen LogP) is 2.44. The van der Waals surface area contributed by atoms with Crippen molar-refractivity contribution in [1.82, 2.24) is 0 Å². The minimum Gasteiger partial charge on any atom is -0.492 e. The number of benzene rings is 1. The third-order valence-electron chi connectivity index (χ3n) is 3.87. The lowest BCUT2D eigenvalue weighted by molar-refractivity contribution is -0.150. The zero-order chi connectivity index (χ0) is 13.3. The van der Waals surface area contributed by atoms with Crippen molar-refractivity contribution >= 4 is 5.97 Å². The molecule has 0 unspecified atom stereocenters. The van der Waals surface area contributed by atoms with Gasteiger partial charge in [0.05, 0.1) is 0 Å². The molecule has 0 bridgehead atoms. The predicted molar refractivity (Wildman–Crippen MR) is 66.6 cm³/mol. The van der Waals surface area contributed by atoms with Crippen LogP contribution in [0.5, 0.6) is 17.2 Å². The van der Waals surface area contributed by atoms with Gasteiger partial charge in [-0.1, -0.05) is 12.8 Å². The van der Waals surface area contributed by atoms with Crippen LogP contribution in [0.3, 0.4) is 0 Å². The highest BCUT2D eigenvalue weighted by molar-refractivity contribution is 5.75. The van der Waals surface area contributed by atoms with Gasteiger partial charge in [-0.2, -0.15) is 0 Å². The molecule has 1 aromatic carbocycles. The Morgan fingerprint density at radius 3 is 2.74 bits per heavy atom. The number of hydrogen-bond acceptors (Lipinski definition) is 4. The van der Waals surface area contributed by atoms with Crippen molar-refractivity contribution in [3.05, 3.63) is 18.2 Å². The third kappa shape index (κ3) is 2.20. The highest BCUT2D eigenvalue weighted by atomic mass is 16.7. The van der Waals surface area contributed by atoms with Crippen molar-refractivity contribution < 1.29 is 24.1 Å². The van der Waals surface area contributed by atoms with E-state index in [2.05, 4.69) is 0 Å². The topological polar surface area (TPSA) is 65.0 Å². The lowest BCUT2D eigenvalue weighted by atomic mass is 9.87. The van der Waals surface area contributed by atoms with Crippen molar-refractivity contribution in [3.8, 4) is 17.2 Å². The summed E-state index contributed by atoms with van der Waals surface area (Å²) in [6.07, 6.45) is 3.29. The first-order valence-corrected chi connectivity index (χ1v) is 6.45. The van der Waals surface area contributed by atoms with Crippen LogP contribution in [0, 0.1) is 5.41 Å². The van der Waals surface area contributed by atoms with E-state index < -0.39 is 11.4 Å². The van der Waals surface area contributed by atoms with Crippen LogP contribution in [-0.2, 0) is 4.79 Å². The van der Waals surface area contributed by atoms with Crippen molar-refractivity contribution in [2.24, 2.45) is 5.41 Å². The summed E-state index contributed by atoms with van der Waals surface area (Å²) < 4.78 is 16.1. The summed E-state index contributed by atoms with van der Waals surface area (Å²) >= 11 is 0. The maximum absolute atomic E-state index is 11.4. The number of fused-ring (bicyclic) bond motifs is 1. The Bertz CT molecular complexity index is 491. The zero-order valence-electron chi connectivity index (χ0n) is 10.6. The second-order valence-electron chi connectivity index (χ2n) is 5.10. The van der Waals surface area contributed by atoms with Crippen LogP contribution in [0.25, 0.3) is 0 Å². The smallest absolute Gasteiger partial charge is 0.313 e. The second kappa shape index (κ2) is 4.64. The molecule has 0 saturated heterocycles. The Hall–Kier alpha value is -1.91. The molecule has 3 rings (SSSR count). The number of rotatable bonds is 4. The Morgan fingerprint density at radius 2 is 2.00 bits per heavy atom. The van der Waals surface area contributed by atoms with E-state index in [9.17, 15) is 9.90 Å². The maximum atomic E-state index is 11.4. The molecule has 0 amide bonds. The van der Waals surface area contributed by atoms with Crippen molar-refractivity contribution in [1.29, 1.82) is 0 Å². The summed E-state index contributed by atoms with van der Waals surface area (Å²) in [6.45, 7) is 0.430. The van der Waals surface area contributed by atoms with Crippen LogP contribution in [0.15, 0.2) is 18.2 Å². The minimum absolute atomic E-state index is 0.210. The highest BCUT2D eigenvalue weighted by Gasteiger charge is 2.42. The summed E-state index contributed by atoms with van der Waals surface area (Å²) in [5.41, 5.74) is -0.726. The fourth-order valence-electron chi connectivity index (χ4n) is 2.66. The van der Waals surface area contributed by atoms with Gasteiger partial charge in [0.15, 0.2) is 11.5 Å². The van der Waals surface area contributed by atoms with Gasteiger partial charge in [-0.25, -0.2) is 0 Å². The normalized spacial score (nSPS) is 19.4. The molecule has 1 aliphatic heterocycles. The van der Waals surface area contributed by atoms with Gasteiger partial charge in [-0.3, -0.25) is 4.79 Å². The van der Waals surface area contributed by atoms with E-state index in [0.29, 0.717) is 30.1 Å². The summed E-state index contributed by atoms with van der Waals surface area (Å²) in [4.78, 5) is 11.4. The van der Waals surface area contributed by atoms with E-state index in [1.807, 2.05) is 0 Å². The summed E-state index contributed by atoms with van der Waals surface area (Å²) in [5, 5.41) is 9.37. The number of carboxylic acids is 1. The average Bonchev–Trinajstić information content (AvgIpc) is 3.05. The van der Waals surface area contributed by atoms with E-state index in [1.54, 1.807) is 18.2 Å². The van der Waals surface area contributed by atoms with Crippen LogP contribution in [0.2, 0.25) is 0 Å². The Labute approximate surface area is 111 Å². The van der Waals surface area contributed by atoms with E-state index in [1.165, 1.54) is 0 Å². The molecule has 1 saturated carbocycles. The molecule has 0 atom stereocenters. The minimum atomic E-state index is -0.759. The molecule has 1 fully saturated rings. The Kier molecular flexibility index (Phi) is 2.97. The Balaban J connectivity index is 1.70. The maximum Gasteiger partial charge on any atom is 0.313 e. The largest absolute Gasteiger partial charge is 0.492 e. The SMILES string of the molecule is O=C(O)C1(COc2ccc3c(c2)OCO3)CCCC1. The molecule has 1 aromatic rings. The molecule has 5 nitrogen and oxygen atoms in total. The first-order valence-electron chi connectivity index (χ1n) is 6.45. The van der Waals surface area contributed by atoms with Gasteiger partial charge in [-0.05, 0) is 25.0 Å². The lowest BCUT2D eigenvalue weighted by Crippen LogP contribution is -2.34. The molecule has 5 heteroatoms. The average molecular weight is 264 g/mol. The van der Waals surface area contributed by atoms with Gasteiger partial charge >= 0.3 is 5.97 Å². The number of carboxylic acid groups (broad SMARTS) is 1. The zero-order valence-corrected chi connectivity index (χ0v) is 10.6. The third-order valence-corrected chi connectivity index (χ3v) is 3.87. The monoisotopic (exact) mass is 264 g/mol. The quantitative estimate of drug-likeness (QED) is 0.904. The van der Waals surface area contributed by atoms with Crippen LogP contribution in [-0.4, -0.2) is 24.5 Å². The van der Waals surface area contributed by atoms with Crippen LogP contribution in [0.1, 0.15) is 25.7 Å². The van der Waals surface area contributed by atoms with Crippen molar-refractivity contribution in [3.63, 3.8) is 0 Å². The highest BCUT2D eigenvalue weighted by Crippen LogP contribution is 2.40. The molecule has 0 aromatic heterocycles. The summed E-state index contributed by atoms with van der Waals surface area (Å²) in [7, 11) is 0. The molecule has 0 spiro atoms. The standard InChI is InChI=1S/C14H16O5/c15-13(16)14(5-1-2-6-14)8-17-10-3-4-11-12(7-10)19-9-18-11/h3-4,7H,1-2,5-6,8-9H2,(H,15,16). The van der Waals surface area contributed by atoms with E-state index in [4.69, 9.17) is 14.2 Å². The van der Waals surface area contributed by atoms with Gasteiger partial charge in [-0.15, -0.1) is 0 Å². The van der Waals surface area contributed by atoms with E-state index in [0.717, 1.165) is 12.8 Å². The van der Waals surface area contributed by atoms with Gasteiger partial charge in [0, 0.05) is 6.07 Å². The molecule has 1 aliphatic carbocycles. The second-order valence-corrected chi connectivity index (χ2v) is 5.10. The Morgan fingerprint density at radius 1 is 1.26 bits per heavy atom. The fourth-order valence-corrected chi connectivity index (χ4v) is 2.66. The van der Waals surface area contributed by atoms with Crippen LogP contribution < -0.4 is 14.2 Å². The van der Waals surface area contributed by atoms with Crippen molar-refractivity contribution in [2.75, 3.05) is 13.4 Å². The molecule has 1 N–H and O–H groups in total. The van der Waals surface area contributed by atoms with E-state index >= 15 is 0 Å². The summed E-state index contributed by atoms with van der Waals surface area (Å²) in [6, 6.07) is 5.30. The molecule has 0 radical (unpaired) electrons. The molecule has 1 heterocycles. The fraction of sp³-hybridized carbons (Fsp3) is 0.500. The van der Waals surface area contributed by atoms with Crippen LogP contribution in [0.4, 0.5) is 0 Å². The molecular formula is C14H16O5. The lowest BCUT2D eigenvalue weighted by Gasteiger charge is -2.23. The molecule has 2 aliphatic rings. The van der Waals surface area contributed by atoms with Crippen LogP contribution >= 0.6 is 0 Å². The van der Waals surface area contributed by atoms with Gasteiger partial charge in [0.2, 0.25) is 6.79 Å². The number of hydrogen-bond donors (Lipinski definition) is 1. The first kappa shape index (κ1) is 12.1. The van der Waals surface area contributed by atoms with E-state index in [-0.39, 0.29) is 13.4 Å². The number of aliphatic carboxylic acids is 1. The summed E-state index contributed by atoms with van der Waals surface area (Å²) in [5.74, 6) is 1.21. The molecule has 19 heavy (non-hydrogen) atoms. The van der Waals surface area contributed by atoms with Crippen molar-refractivity contribution in [2.45, 2.75) is 25.7 Å². The molecule has 102 valence electrons. The number of carbonyl (C=O) groups is 1.